The highest BCUT2D eigenvalue weighted by molar-refractivity contribution is 7.89. The third-order valence-electron chi connectivity index (χ3n) is 3.55. The molecule has 0 aromatic heterocycles. The summed E-state index contributed by atoms with van der Waals surface area (Å²) in [5.74, 6) is -1.01. The molecule has 1 N–H and O–H groups in total. The van der Waals surface area contributed by atoms with Gasteiger partial charge in [-0.15, -0.1) is 0 Å². The average molecular weight is 313 g/mol. The van der Waals surface area contributed by atoms with Gasteiger partial charge in [-0.05, 0) is 31.4 Å². The maximum atomic E-state index is 12.6. The monoisotopic (exact) mass is 313 g/mol. The summed E-state index contributed by atoms with van der Waals surface area (Å²) < 4.78 is 31.8. The molecule has 1 aromatic carbocycles. The van der Waals surface area contributed by atoms with Crippen LogP contribution in [-0.4, -0.2) is 49.6 Å². The maximum absolute atomic E-state index is 12.6. The largest absolute Gasteiger partial charge is 0.480 e. The van der Waals surface area contributed by atoms with Crippen LogP contribution in [0.25, 0.3) is 0 Å². The summed E-state index contributed by atoms with van der Waals surface area (Å²) in [5.41, 5.74) is 0.724. The molecule has 6 nitrogen and oxygen atoms in total. The van der Waals surface area contributed by atoms with E-state index in [1.54, 1.807) is 31.2 Å². The van der Waals surface area contributed by atoms with Gasteiger partial charge in [0.05, 0.1) is 11.0 Å². The second-order valence-electron chi connectivity index (χ2n) is 5.07. The molecule has 0 radical (unpaired) electrons. The highest BCUT2D eigenvalue weighted by atomic mass is 32.2. The Morgan fingerprint density at radius 3 is 2.52 bits per heavy atom. The number of ether oxygens (including phenoxy) is 1. The Morgan fingerprint density at radius 2 is 1.95 bits per heavy atom. The molecule has 1 heterocycles. The summed E-state index contributed by atoms with van der Waals surface area (Å²) in [4.78, 5) is 10.8. The highest BCUT2D eigenvalue weighted by Gasteiger charge is 2.30. The fourth-order valence-electron chi connectivity index (χ4n) is 2.41. The van der Waals surface area contributed by atoms with Gasteiger partial charge in [-0.1, -0.05) is 18.2 Å². The number of aliphatic carboxylic acids is 1. The van der Waals surface area contributed by atoms with E-state index in [1.165, 1.54) is 4.31 Å². The average Bonchev–Trinajstić information content (AvgIpc) is 2.46. The molecular weight excluding hydrogens is 294 g/mol. The summed E-state index contributed by atoms with van der Waals surface area (Å²) in [7, 11) is -3.49. The quantitative estimate of drug-likeness (QED) is 0.884. The standard InChI is InChI=1S/C14H19NO5S/c1-11-4-2-3-5-13(11)21(18,19)15-8-6-12(7-9-15)20-10-14(16)17/h2-5,12H,6-10H2,1H3,(H,16,17). The Bertz CT molecular complexity index is 606. The summed E-state index contributed by atoms with van der Waals surface area (Å²) in [6.45, 7) is 2.13. The molecule has 0 spiro atoms. The molecule has 1 aliphatic rings. The van der Waals surface area contributed by atoms with Crippen LogP contribution in [0, 0.1) is 6.92 Å². The van der Waals surface area contributed by atoms with E-state index in [4.69, 9.17) is 9.84 Å². The van der Waals surface area contributed by atoms with E-state index in [2.05, 4.69) is 0 Å². The number of rotatable bonds is 5. The predicted octanol–water partition coefficient (Wildman–Crippen LogP) is 1.25. The fourth-order valence-corrected chi connectivity index (χ4v) is 4.11. The smallest absolute Gasteiger partial charge is 0.329 e. The first-order chi connectivity index (χ1) is 9.91. The fraction of sp³-hybridized carbons (Fsp3) is 0.500. The number of nitrogens with zero attached hydrogens (tertiary/aromatic N) is 1. The van der Waals surface area contributed by atoms with Gasteiger partial charge in [0.2, 0.25) is 10.0 Å². The van der Waals surface area contributed by atoms with E-state index >= 15 is 0 Å². The van der Waals surface area contributed by atoms with Crippen molar-refractivity contribution in [2.75, 3.05) is 19.7 Å². The lowest BCUT2D eigenvalue weighted by atomic mass is 10.1. The molecule has 116 valence electrons. The Labute approximate surface area is 124 Å². The molecule has 0 aliphatic carbocycles. The van der Waals surface area contributed by atoms with Gasteiger partial charge in [0, 0.05) is 13.1 Å². The highest BCUT2D eigenvalue weighted by Crippen LogP contribution is 2.24. The van der Waals surface area contributed by atoms with E-state index < -0.39 is 16.0 Å². The number of sulfonamides is 1. The molecule has 0 atom stereocenters. The Hall–Kier alpha value is -1.44. The van der Waals surface area contributed by atoms with Crippen LogP contribution in [0.4, 0.5) is 0 Å². The summed E-state index contributed by atoms with van der Waals surface area (Å²) in [5, 5.41) is 8.57. The number of hydrogen-bond acceptors (Lipinski definition) is 4. The lowest BCUT2D eigenvalue weighted by Gasteiger charge is -2.31. The predicted molar refractivity (Wildman–Crippen MR) is 76.5 cm³/mol. The van der Waals surface area contributed by atoms with Crippen LogP contribution in [0.3, 0.4) is 0 Å². The minimum atomic E-state index is -3.49. The molecule has 0 amide bonds. The van der Waals surface area contributed by atoms with E-state index in [-0.39, 0.29) is 12.7 Å². The number of carboxylic acids is 1. The number of carboxylic acid groups (broad SMARTS) is 1. The van der Waals surface area contributed by atoms with Crippen molar-refractivity contribution in [3.05, 3.63) is 29.8 Å². The van der Waals surface area contributed by atoms with E-state index in [0.717, 1.165) is 5.56 Å². The third-order valence-corrected chi connectivity index (χ3v) is 5.61. The first kappa shape index (κ1) is 15.9. The molecule has 1 aromatic rings. The van der Waals surface area contributed by atoms with Crippen LogP contribution in [0.1, 0.15) is 18.4 Å². The van der Waals surface area contributed by atoms with Crippen LogP contribution < -0.4 is 0 Å². The zero-order valence-electron chi connectivity index (χ0n) is 11.9. The van der Waals surface area contributed by atoms with E-state index in [1.807, 2.05) is 0 Å². The van der Waals surface area contributed by atoms with Gasteiger partial charge in [0.1, 0.15) is 6.61 Å². The van der Waals surface area contributed by atoms with Crippen molar-refractivity contribution in [3.63, 3.8) is 0 Å². The van der Waals surface area contributed by atoms with Crippen LogP contribution in [0.2, 0.25) is 0 Å². The molecule has 0 saturated carbocycles. The van der Waals surface area contributed by atoms with Gasteiger partial charge in [0.15, 0.2) is 0 Å². The van der Waals surface area contributed by atoms with Crippen LogP contribution >= 0.6 is 0 Å². The lowest BCUT2D eigenvalue weighted by Crippen LogP contribution is -2.41. The molecule has 2 rings (SSSR count). The van der Waals surface area contributed by atoms with Gasteiger partial charge < -0.3 is 9.84 Å². The van der Waals surface area contributed by atoms with Crippen molar-refractivity contribution in [2.24, 2.45) is 0 Å². The van der Waals surface area contributed by atoms with Crippen LogP contribution in [-0.2, 0) is 19.6 Å². The second kappa shape index (κ2) is 6.55. The molecule has 1 saturated heterocycles. The van der Waals surface area contributed by atoms with Crippen molar-refractivity contribution in [1.82, 2.24) is 4.31 Å². The van der Waals surface area contributed by atoms with Gasteiger partial charge in [0.25, 0.3) is 0 Å². The zero-order chi connectivity index (χ0) is 15.5. The number of hydrogen-bond donors (Lipinski definition) is 1. The first-order valence-electron chi connectivity index (χ1n) is 6.80. The Kier molecular flexibility index (Phi) is 4.97. The van der Waals surface area contributed by atoms with Crippen LogP contribution in [0.5, 0.6) is 0 Å². The molecule has 7 heteroatoms. The topological polar surface area (TPSA) is 83.9 Å². The van der Waals surface area contributed by atoms with Gasteiger partial charge in [-0.3, -0.25) is 0 Å². The number of aryl methyl sites for hydroxylation is 1. The molecule has 0 unspecified atom stereocenters. The van der Waals surface area contributed by atoms with Crippen LogP contribution in [0.15, 0.2) is 29.2 Å². The minimum absolute atomic E-state index is 0.190. The van der Waals surface area contributed by atoms with Gasteiger partial charge >= 0.3 is 5.97 Å². The molecular formula is C14H19NO5S. The number of piperidine rings is 1. The van der Waals surface area contributed by atoms with E-state index in [9.17, 15) is 13.2 Å². The third kappa shape index (κ3) is 3.81. The Morgan fingerprint density at radius 1 is 1.33 bits per heavy atom. The van der Waals surface area contributed by atoms with Gasteiger partial charge in [-0.2, -0.15) is 4.31 Å². The van der Waals surface area contributed by atoms with Crippen molar-refractivity contribution in [2.45, 2.75) is 30.8 Å². The molecule has 1 fully saturated rings. The second-order valence-corrected chi connectivity index (χ2v) is 6.98. The van der Waals surface area contributed by atoms with Crippen molar-refractivity contribution < 1.29 is 23.1 Å². The SMILES string of the molecule is Cc1ccccc1S(=O)(=O)N1CCC(OCC(=O)O)CC1. The van der Waals surface area contributed by atoms with Gasteiger partial charge in [-0.25, -0.2) is 13.2 Å². The van der Waals surface area contributed by atoms with Crippen molar-refractivity contribution >= 4 is 16.0 Å². The Balaban J connectivity index is 2.01. The van der Waals surface area contributed by atoms with Crippen molar-refractivity contribution in [3.8, 4) is 0 Å². The zero-order valence-corrected chi connectivity index (χ0v) is 12.7. The molecule has 1 aliphatic heterocycles. The number of carbonyl (C=O) groups is 1. The van der Waals surface area contributed by atoms with E-state index in [0.29, 0.717) is 30.8 Å². The van der Waals surface area contributed by atoms with Crippen molar-refractivity contribution in [1.29, 1.82) is 0 Å². The summed E-state index contributed by atoms with van der Waals surface area (Å²) in [6, 6.07) is 6.90. The first-order valence-corrected chi connectivity index (χ1v) is 8.24. The molecule has 0 bridgehead atoms. The number of benzene rings is 1. The molecule has 21 heavy (non-hydrogen) atoms. The maximum Gasteiger partial charge on any atom is 0.329 e. The lowest BCUT2D eigenvalue weighted by molar-refractivity contribution is -0.145. The normalized spacial score (nSPS) is 17.8. The summed E-state index contributed by atoms with van der Waals surface area (Å²) in [6.07, 6.45) is 0.834. The summed E-state index contributed by atoms with van der Waals surface area (Å²) >= 11 is 0. The minimum Gasteiger partial charge on any atom is -0.480 e.